The maximum absolute atomic E-state index is 12.9. The van der Waals surface area contributed by atoms with Gasteiger partial charge in [-0.1, -0.05) is 6.07 Å². The molecule has 0 fully saturated rings. The van der Waals surface area contributed by atoms with Gasteiger partial charge in [-0.15, -0.1) is 0 Å². The molecule has 0 bridgehead atoms. The fourth-order valence-electron chi connectivity index (χ4n) is 0.945. The van der Waals surface area contributed by atoms with Crippen molar-refractivity contribution in [1.29, 1.82) is 0 Å². The van der Waals surface area contributed by atoms with E-state index in [4.69, 9.17) is 9.84 Å². The van der Waals surface area contributed by atoms with Crippen LogP contribution in [0.4, 0.5) is 10.1 Å². The number of aliphatic hydroxyl groups is 1. The predicted octanol–water partition coefficient (Wildman–Crippen LogP) is 1.10. The Labute approximate surface area is 78.9 Å². The molecule has 0 aliphatic carbocycles. The fourth-order valence-corrected chi connectivity index (χ4v) is 0.945. The van der Waals surface area contributed by atoms with E-state index in [1.54, 1.807) is 0 Å². The summed E-state index contributed by atoms with van der Waals surface area (Å²) < 4.78 is 17.7. The van der Waals surface area contributed by atoms with Crippen LogP contribution in [0, 0.1) is 15.9 Å². The number of nitro groups is 1. The monoisotopic (exact) mass is 201 g/mol. The van der Waals surface area contributed by atoms with E-state index in [9.17, 15) is 14.5 Å². The topological polar surface area (TPSA) is 72.6 Å². The number of halogens is 1. The molecule has 5 nitrogen and oxygen atoms in total. The van der Waals surface area contributed by atoms with Gasteiger partial charge >= 0.3 is 5.69 Å². The third kappa shape index (κ3) is 2.17. The molecule has 1 rings (SSSR count). The lowest BCUT2D eigenvalue weighted by atomic mass is 10.3. The van der Waals surface area contributed by atoms with Crippen LogP contribution in [0.2, 0.25) is 0 Å². The van der Waals surface area contributed by atoms with E-state index < -0.39 is 16.4 Å². The van der Waals surface area contributed by atoms with Gasteiger partial charge in [-0.25, -0.2) is 0 Å². The first-order chi connectivity index (χ1) is 6.66. The van der Waals surface area contributed by atoms with Gasteiger partial charge in [0.15, 0.2) is 5.75 Å². The first-order valence-electron chi connectivity index (χ1n) is 3.83. The number of nitrogens with zero attached hydrogens (tertiary/aromatic N) is 1. The highest BCUT2D eigenvalue weighted by Crippen LogP contribution is 2.29. The normalized spacial score (nSPS) is 9.86. The van der Waals surface area contributed by atoms with Crippen molar-refractivity contribution in [2.75, 3.05) is 13.2 Å². The second-order valence-corrected chi connectivity index (χ2v) is 2.42. The molecule has 0 heterocycles. The van der Waals surface area contributed by atoms with Crippen molar-refractivity contribution in [2.45, 2.75) is 0 Å². The molecule has 0 aliphatic rings. The first-order valence-corrected chi connectivity index (χ1v) is 3.83. The highest BCUT2D eigenvalue weighted by Gasteiger charge is 2.20. The van der Waals surface area contributed by atoms with E-state index in [-0.39, 0.29) is 19.0 Å². The Balaban J connectivity index is 3.02. The summed E-state index contributed by atoms with van der Waals surface area (Å²) in [7, 11) is 0. The van der Waals surface area contributed by atoms with Crippen molar-refractivity contribution in [2.24, 2.45) is 0 Å². The van der Waals surface area contributed by atoms with Crippen LogP contribution in [-0.2, 0) is 0 Å². The van der Waals surface area contributed by atoms with Crippen molar-refractivity contribution >= 4 is 5.69 Å². The minimum Gasteiger partial charge on any atom is -0.484 e. The van der Waals surface area contributed by atoms with Crippen LogP contribution >= 0.6 is 0 Å². The number of ether oxygens (including phenoxy) is 1. The lowest BCUT2D eigenvalue weighted by molar-refractivity contribution is -0.388. The highest BCUT2D eigenvalue weighted by molar-refractivity contribution is 5.47. The van der Waals surface area contributed by atoms with E-state index in [1.165, 1.54) is 12.1 Å². The minimum absolute atomic E-state index is 0.107. The van der Waals surface area contributed by atoms with Crippen LogP contribution < -0.4 is 4.74 Å². The first kappa shape index (κ1) is 10.4. The minimum atomic E-state index is -0.953. The summed E-state index contributed by atoms with van der Waals surface area (Å²) >= 11 is 0. The van der Waals surface area contributed by atoms with E-state index in [1.807, 2.05) is 0 Å². The molecule has 0 amide bonds. The Morgan fingerprint density at radius 3 is 2.86 bits per heavy atom. The van der Waals surface area contributed by atoms with Gasteiger partial charge < -0.3 is 9.84 Å². The Morgan fingerprint density at radius 2 is 2.29 bits per heavy atom. The lowest BCUT2D eigenvalue weighted by Crippen LogP contribution is -2.04. The number of aliphatic hydroxyl groups excluding tert-OH is 1. The van der Waals surface area contributed by atoms with Crippen LogP contribution in [-0.4, -0.2) is 23.2 Å². The van der Waals surface area contributed by atoms with Crippen LogP contribution in [0.25, 0.3) is 0 Å². The standard InChI is InChI=1S/C8H8FNO4/c9-6-2-1-3-7(14-5-4-11)8(6)10(12)13/h1-3,11H,4-5H2. The molecular formula is C8H8FNO4. The zero-order chi connectivity index (χ0) is 10.6. The number of hydrogen-bond donors (Lipinski definition) is 1. The molecule has 1 aromatic rings. The van der Waals surface area contributed by atoms with Gasteiger partial charge in [0.25, 0.3) is 0 Å². The molecule has 0 saturated heterocycles. The summed E-state index contributed by atoms with van der Waals surface area (Å²) in [5, 5.41) is 18.9. The Bertz CT molecular complexity index is 342. The lowest BCUT2D eigenvalue weighted by Gasteiger charge is -2.04. The predicted molar refractivity (Wildman–Crippen MR) is 45.6 cm³/mol. The molecule has 1 N–H and O–H groups in total. The summed E-state index contributed by atoms with van der Waals surface area (Å²) in [5.74, 6) is -1.13. The van der Waals surface area contributed by atoms with Gasteiger partial charge in [0.2, 0.25) is 5.82 Å². The van der Waals surface area contributed by atoms with Crippen molar-refractivity contribution in [3.05, 3.63) is 34.1 Å². The van der Waals surface area contributed by atoms with Crippen molar-refractivity contribution in [1.82, 2.24) is 0 Å². The molecule has 14 heavy (non-hydrogen) atoms. The number of rotatable bonds is 4. The van der Waals surface area contributed by atoms with E-state index >= 15 is 0 Å². The van der Waals surface area contributed by atoms with Crippen LogP contribution in [0.1, 0.15) is 0 Å². The van der Waals surface area contributed by atoms with Crippen molar-refractivity contribution in [3.8, 4) is 5.75 Å². The summed E-state index contributed by atoms with van der Waals surface area (Å²) in [6.45, 7) is -0.391. The SMILES string of the molecule is O=[N+]([O-])c1c(F)cccc1OCCO. The average Bonchev–Trinajstić information content (AvgIpc) is 2.14. The maximum atomic E-state index is 12.9. The van der Waals surface area contributed by atoms with E-state index in [2.05, 4.69) is 0 Å². The van der Waals surface area contributed by atoms with Crippen molar-refractivity contribution < 1.29 is 19.2 Å². The largest absolute Gasteiger partial charge is 0.484 e. The van der Waals surface area contributed by atoms with Gasteiger partial charge in [-0.05, 0) is 12.1 Å². The second kappa shape index (κ2) is 4.52. The summed E-state index contributed by atoms with van der Waals surface area (Å²) in [4.78, 5) is 9.57. The number of benzene rings is 1. The third-order valence-electron chi connectivity index (χ3n) is 1.48. The fraction of sp³-hybridized carbons (Fsp3) is 0.250. The number of nitro benzene ring substituents is 1. The Hall–Kier alpha value is -1.69. The second-order valence-electron chi connectivity index (χ2n) is 2.42. The van der Waals surface area contributed by atoms with Gasteiger partial charge in [-0.3, -0.25) is 10.1 Å². The quantitative estimate of drug-likeness (QED) is 0.584. The zero-order valence-corrected chi connectivity index (χ0v) is 7.14. The number of hydrogen-bond acceptors (Lipinski definition) is 4. The molecule has 0 spiro atoms. The molecule has 0 radical (unpaired) electrons. The Kier molecular flexibility index (Phi) is 3.35. The molecule has 0 saturated carbocycles. The summed E-state index contributed by atoms with van der Waals surface area (Å²) in [6, 6.07) is 3.55. The molecule has 6 heteroatoms. The molecule has 0 atom stereocenters. The molecule has 1 aromatic carbocycles. The molecule has 0 unspecified atom stereocenters. The molecular weight excluding hydrogens is 193 g/mol. The Morgan fingerprint density at radius 1 is 1.57 bits per heavy atom. The van der Waals surface area contributed by atoms with Gasteiger partial charge in [0, 0.05) is 0 Å². The molecule has 0 aliphatic heterocycles. The molecule has 0 aromatic heterocycles. The number of para-hydroxylation sites is 1. The smallest absolute Gasteiger partial charge is 0.346 e. The van der Waals surface area contributed by atoms with Crippen LogP contribution in [0.5, 0.6) is 5.75 Å². The van der Waals surface area contributed by atoms with E-state index in [0.717, 1.165) is 6.07 Å². The zero-order valence-electron chi connectivity index (χ0n) is 7.14. The average molecular weight is 201 g/mol. The van der Waals surface area contributed by atoms with Crippen LogP contribution in [0.3, 0.4) is 0 Å². The molecule has 76 valence electrons. The van der Waals surface area contributed by atoms with Gasteiger partial charge in [0.05, 0.1) is 11.5 Å². The summed E-state index contributed by atoms with van der Waals surface area (Å²) in [6.07, 6.45) is 0. The third-order valence-corrected chi connectivity index (χ3v) is 1.48. The van der Waals surface area contributed by atoms with Gasteiger partial charge in [-0.2, -0.15) is 4.39 Å². The van der Waals surface area contributed by atoms with Crippen LogP contribution in [0.15, 0.2) is 18.2 Å². The highest BCUT2D eigenvalue weighted by atomic mass is 19.1. The summed E-state index contributed by atoms with van der Waals surface area (Å²) in [5.41, 5.74) is -0.707. The van der Waals surface area contributed by atoms with E-state index in [0.29, 0.717) is 0 Å². The van der Waals surface area contributed by atoms with Crippen molar-refractivity contribution in [3.63, 3.8) is 0 Å². The van der Waals surface area contributed by atoms with Gasteiger partial charge in [0.1, 0.15) is 6.61 Å². The maximum Gasteiger partial charge on any atom is 0.346 e.